The Kier molecular flexibility index (Phi) is 1.81. The molecular formula is C9H9F2N. The van der Waals surface area contributed by atoms with Crippen LogP contribution in [0.5, 0.6) is 0 Å². The minimum atomic E-state index is -1.07. The zero-order valence-electron chi connectivity index (χ0n) is 6.48. The van der Waals surface area contributed by atoms with E-state index in [1.807, 2.05) is 0 Å². The first-order valence-electron chi connectivity index (χ1n) is 3.90. The van der Waals surface area contributed by atoms with Crippen molar-refractivity contribution in [2.45, 2.75) is 12.7 Å². The van der Waals surface area contributed by atoms with Crippen molar-refractivity contribution in [1.82, 2.24) is 5.32 Å². The average molecular weight is 169 g/mol. The third-order valence-corrected chi connectivity index (χ3v) is 2.08. The minimum Gasteiger partial charge on any atom is -0.309 e. The van der Waals surface area contributed by atoms with E-state index >= 15 is 0 Å². The van der Waals surface area contributed by atoms with E-state index in [0.717, 1.165) is 5.56 Å². The van der Waals surface area contributed by atoms with E-state index in [1.165, 1.54) is 12.1 Å². The van der Waals surface area contributed by atoms with E-state index in [4.69, 9.17) is 0 Å². The maximum atomic E-state index is 13.1. The molecule has 0 aliphatic carbocycles. The van der Waals surface area contributed by atoms with Crippen LogP contribution in [0, 0.1) is 5.82 Å². The van der Waals surface area contributed by atoms with Crippen molar-refractivity contribution in [2.24, 2.45) is 0 Å². The van der Waals surface area contributed by atoms with Gasteiger partial charge in [0.2, 0.25) is 0 Å². The van der Waals surface area contributed by atoms with E-state index < -0.39 is 6.17 Å². The van der Waals surface area contributed by atoms with Crippen molar-refractivity contribution >= 4 is 0 Å². The fraction of sp³-hybridized carbons (Fsp3) is 0.333. The standard InChI is InChI=1S/C9H9F2N/c10-7-2-1-6-4-12-5-9(11)8(6)3-7/h1-3,9,12H,4-5H2. The number of alkyl halides is 1. The molecule has 0 radical (unpaired) electrons. The van der Waals surface area contributed by atoms with Gasteiger partial charge >= 0.3 is 0 Å². The van der Waals surface area contributed by atoms with E-state index in [1.54, 1.807) is 6.07 Å². The fourth-order valence-corrected chi connectivity index (χ4v) is 1.46. The molecule has 1 aromatic carbocycles. The van der Waals surface area contributed by atoms with Gasteiger partial charge in [0.15, 0.2) is 0 Å². The molecular weight excluding hydrogens is 160 g/mol. The normalized spacial score (nSPS) is 22.0. The minimum absolute atomic E-state index is 0.288. The first-order valence-corrected chi connectivity index (χ1v) is 3.90. The Morgan fingerprint density at radius 3 is 3.08 bits per heavy atom. The Balaban J connectivity index is 2.47. The summed E-state index contributed by atoms with van der Waals surface area (Å²) in [6, 6.07) is 4.27. The zero-order chi connectivity index (χ0) is 8.55. The second kappa shape index (κ2) is 2.83. The molecule has 1 unspecified atom stereocenters. The molecule has 1 aromatic rings. The fourth-order valence-electron chi connectivity index (χ4n) is 1.46. The lowest BCUT2D eigenvalue weighted by Crippen LogP contribution is -2.26. The highest BCUT2D eigenvalue weighted by Gasteiger charge is 2.18. The molecule has 1 aliphatic heterocycles. The van der Waals surface area contributed by atoms with Gasteiger partial charge in [0, 0.05) is 13.1 Å². The van der Waals surface area contributed by atoms with Gasteiger partial charge in [-0.15, -0.1) is 0 Å². The Morgan fingerprint density at radius 2 is 2.25 bits per heavy atom. The second-order valence-corrected chi connectivity index (χ2v) is 2.94. The van der Waals surface area contributed by atoms with Crippen LogP contribution in [0.3, 0.4) is 0 Å². The van der Waals surface area contributed by atoms with Crippen LogP contribution in [0.25, 0.3) is 0 Å². The van der Waals surface area contributed by atoms with E-state index in [9.17, 15) is 8.78 Å². The summed E-state index contributed by atoms with van der Waals surface area (Å²) in [5.41, 5.74) is 1.35. The van der Waals surface area contributed by atoms with Crippen LogP contribution >= 0.6 is 0 Å². The van der Waals surface area contributed by atoms with E-state index in [2.05, 4.69) is 5.32 Å². The smallest absolute Gasteiger partial charge is 0.138 e. The number of nitrogens with one attached hydrogen (secondary N) is 1. The number of hydrogen-bond acceptors (Lipinski definition) is 1. The highest BCUT2D eigenvalue weighted by atomic mass is 19.1. The molecule has 0 bridgehead atoms. The molecule has 0 amide bonds. The topological polar surface area (TPSA) is 12.0 Å². The summed E-state index contributed by atoms with van der Waals surface area (Å²) in [5.74, 6) is -0.363. The molecule has 12 heavy (non-hydrogen) atoms. The molecule has 0 fully saturated rings. The summed E-state index contributed by atoms with van der Waals surface area (Å²) in [4.78, 5) is 0. The van der Waals surface area contributed by atoms with Crippen molar-refractivity contribution in [3.8, 4) is 0 Å². The molecule has 1 N–H and O–H groups in total. The van der Waals surface area contributed by atoms with Crippen LogP contribution in [-0.4, -0.2) is 6.54 Å². The summed E-state index contributed by atoms with van der Waals surface area (Å²) in [6.07, 6.45) is -1.07. The Labute approximate surface area is 69.4 Å². The number of halogens is 2. The number of hydrogen-bond donors (Lipinski definition) is 1. The van der Waals surface area contributed by atoms with Crippen LogP contribution in [0.4, 0.5) is 8.78 Å². The van der Waals surface area contributed by atoms with Crippen molar-refractivity contribution in [3.63, 3.8) is 0 Å². The van der Waals surface area contributed by atoms with Gasteiger partial charge in [-0.25, -0.2) is 8.78 Å². The predicted octanol–water partition coefficient (Wildman–Crippen LogP) is 1.94. The maximum absolute atomic E-state index is 13.1. The Bertz CT molecular complexity index is 299. The summed E-state index contributed by atoms with van der Waals surface area (Å²) < 4.78 is 25.8. The molecule has 1 aliphatic rings. The summed E-state index contributed by atoms with van der Waals surface area (Å²) in [6.45, 7) is 0.923. The van der Waals surface area contributed by atoms with Gasteiger partial charge in [-0.3, -0.25) is 0 Å². The van der Waals surface area contributed by atoms with Crippen molar-refractivity contribution in [2.75, 3.05) is 6.54 Å². The molecule has 1 atom stereocenters. The lowest BCUT2D eigenvalue weighted by atomic mass is 10.00. The average Bonchev–Trinajstić information content (AvgIpc) is 2.07. The van der Waals surface area contributed by atoms with Gasteiger partial charge in [0.05, 0.1) is 0 Å². The van der Waals surface area contributed by atoms with Gasteiger partial charge < -0.3 is 5.32 Å². The summed E-state index contributed by atoms with van der Waals surface area (Å²) >= 11 is 0. The molecule has 0 saturated carbocycles. The van der Waals surface area contributed by atoms with Crippen molar-refractivity contribution in [3.05, 3.63) is 35.1 Å². The molecule has 0 aromatic heterocycles. The third-order valence-electron chi connectivity index (χ3n) is 2.08. The molecule has 64 valence electrons. The number of benzene rings is 1. The number of rotatable bonds is 0. The summed E-state index contributed by atoms with van der Waals surface area (Å²) in [7, 11) is 0. The van der Waals surface area contributed by atoms with Gasteiger partial charge in [0.1, 0.15) is 12.0 Å². The first kappa shape index (κ1) is 7.68. The van der Waals surface area contributed by atoms with E-state index in [-0.39, 0.29) is 12.4 Å². The predicted molar refractivity (Wildman–Crippen MR) is 42.0 cm³/mol. The molecule has 0 spiro atoms. The SMILES string of the molecule is Fc1ccc2c(c1)C(F)CNC2. The largest absolute Gasteiger partial charge is 0.309 e. The third kappa shape index (κ3) is 1.20. The van der Waals surface area contributed by atoms with Crippen molar-refractivity contribution < 1.29 is 8.78 Å². The quantitative estimate of drug-likeness (QED) is 0.625. The Morgan fingerprint density at radius 1 is 1.42 bits per heavy atom. The lowest BCUT2D eigenvalue weighted by Gasteiger charge is -2.20. The van der Waals surface area contributed by atoms with Crippen LogP contribution in [0.15, 0.2) is 18.2 Å². The molecule has 1 heterocycles. The highest BCUT2D eigenvalue weighted by molar-refractivity contribution is 5.31. The summed E-state index contributed by atoms with van der Waals surface area (Å²) in [5, 5.41) is 2.91. The maximum Gasteiger partial charge on any atom is 0.138 e. The molecule has 3 heteroatoms. The van der Waals surface area contributed by atoms with Crippen LogP contribution < -0.4 is 5.32 Å². The van der Waals surface area contributed by atoms with Gasteiger partial charge in [-0.1, -0.05) is 6.07 Å². The van der Waals surface area contributed by atoms with Gasteiger partial charge in [-0.05, 0) is 23.3 Å². The Hall–Kier alpha value is -0.960. The van der Waals surface area contributed by atoms with Gasteiger partial charge in [0.25, 0.3) is 0 Å². The molecule has 1 nitrogen and oxygen atoms in total. The van der Waals surface area contributed by atoms with Crippen molar-refractivity contribution in [1.29, 1.82) is 0 Å². The monoisotopic (exact) mass is 169 g/mol. The first-order chi connectivity index (χ1) is 5.77. The lowest BCUT2D eigenvalue weighted by molar-refractivity contribution is 0.309. The molecule has 0 saturated heterocycles. The highest BCUT2D eigenvalue weighted by Crippen LogP contribution is 2.25. The van der Waals surface area contributed by atoms with E-state index in [0.29, 0.717) is 12.1 Å². The van der Waals surface area contributed by atoms with Gasteiger partial charge in [-0.2, -0.15) is 0 Å². The second-order valence-electron chi connectivity index (χ2n) is 2.94. The van der Waals surface area contributed by atoms with Crippen LogP contribution in [0.1, 0.15) is 17.3 Å². The van der Waals surface area contributed by atoms with Crippen LogP contribution in [-0.2, 0) is 6.54 Å². The zero-order valence-corrected chi connectivity index (χ0v) is 6.48. The van der Waals surface area contributed by atoms with Crippen LogP contribution in [0.2, 0.25) is 0 Å². The number of fused-ring (bicyclic) bond motifs is 1. The molecule has 2 rings (SSSR count).